The standard InChI is InChI=1S/C14H20N2O/c1-9-5-4-6-12(10(9)2)14(17)16-8-7-13(15)11(16)3/h4-6,11,13H,7-8,15H2,1-3H3. The molecular weight excluding hydrogens is 212 g/mol. The molecule has 1 heterocycles. The Bertz CT molecular complexity index is 442. The summed E-state index contributed by atoms with van der Waals surface area (Å²) >= 11 is 0. The van der Waals surface area contributed by atoms with E-state index < -0.39 is 0 Å². The van der Waals surface area contributed by atoms with Crippen LogP contribution in [0.1, 0.15) is 34.8 Å². The number of hydrogen-bond donors (Lipinski definition) is 1. The number of hydrogen-bond acceptors (Lipinski definition) is 2. The Morgan fingerprint density at radius 3 is 2.71 bits per heavy atom. The fraction of sp³-hybridized carbons (Fsp3) is 0.500. The number of amides is 1. The van der Waals surface area contributed by atoms with Gasteiger partial charge in [0.2, 0.25) is 0 Å². The molecule has 0 saturated carbocycles. The van der Waals surface area contributed by atoms with Gasteiger partial charge in [-0.25, -0.2) is 0 Å². The van der Waals surface area contributed by atoms with Crippen molar-refractivity contribution in [1.82, 2.24) is 4.90 Å². The van der Waals surface area contributed by atoms with Gasteiger partial charge in [-0.3, -0.25) is 4.79 Å². The third-order valence-electron chi connectivity index (χ3n) is 3.91. The average Bonchev–Trinajstić information content (AvgIpc) is 2.63. The minimum atomic E-state index is 0.115. The first-order valence-electron chi connectivity index (χ1n) is 6.15. The van der Waals surface area contributed by atoms with Crippen LogP contribution < -0.4 is 5.73 Å². The van der Waals surface area contributed by atoms with Crippen molar-refractivity contribution < 1.29 is 4.79 Å². The summed E-state index contributed by atoms with van der Waals surface area (Å²) in [6.45, 7) is 6.84. The molecule has 0 radical (unpaired) electrons. The highest BCUT2D eigenvalue weighted by Crippen LogP contribution is 2.21. The molecule has 3 heteroatoms. The summed E-state index contributed by atoms with van der Waals surface area (Å²) in [5.74, 6) is 0.117. The molecule has 2 rings (SSSR count). The zero-order valence-corrected chi connectivity index (χ0v) is 10.7. The number of nitrogens with two attached hydrogens (primary N) is 1. The highest BCUT2D eigenvalue weighted by molar-refractivity contribution is 5.96. The molecule has 1 aromatic carbocycles. The first-order chi connectivity index (χ1) is 8.02. The molecule has 1 fully saturated rings. The van der Waals surface area contributed by atoms with Crippen molar-refractivity contribution in [2.24, 2.45) is 5.73 Å². The lowest BCUT2D eigenvalue weighted by atomic mass is 10.0. The van der Waals surface area contributed by atoms with Gasteiger partial charge in [-0.15, -0.1) is 0 Å². The van der Waals surface area contributed by atoms with Gasteiger partial charge in [0, 0.05) is 24.2 Å². The van der Waals surface area contributed by atoms with E-state index in [1.165, 1.54) is 0 Å². The van der Waals surface area contributed by atoms with Gasteiger partial charge in [0.05, 0.1) is 0 Å². The number of nitrogens with zero attached hydrogens (tertiary/aromatic N) is 1. The second-order valence-corrected chi connectivity index (χ2v) is 4.94. The monoisotopic (exact) mass is 232 g/mol. The van der Waals surface area contributed by atoms with E-state index in [-0.39, 0.29) is 18.0 Å². The van der Waals surface area contributed by atoms with E-state index in [2.05, 4.69) is 0 Å². The Balaban J connectivity index is 2.29. The minimum Gasteiger partial charge on any atom is -0.334 e. The molecule has 3 nitrogen and oxygen atoms in total. The summed E-state index contributed by atoms with van der Waals surface area (Å²) in [4.78, 5) is 14.3. The molecule has 2 atom stereocenters. The van der Waals surface area contributed by atoms with Crippen molar-refractivity contribution >= 4 is 5.91 Å². The second-order valence-electron chi connectivity index (χ2n) is 4.94. The topological polar surface area (TPSA) is 46.3 Å². The van der Waals surface area contributed by atoms with E-state index in [0.717, 1.165) is 29.7 Å². The maximum absolute atomic E-state index is 12.4. The van der Waals surface area contributed by atoms with Gasteiger partial charge in [-0.1, -0.05) is 12.1 Å². The SMILES string of the molecule is Cc1cccc(C(=O)N2CCC(N)C2C)c1C. The van der Waals surface area contributed by atoms with Crippen LogP contribution in [0.25, 0.3) is 0 Å². The first kappa shape index (κ1) is 12.1. The van der Waals surface area contributed by atoms with Gasteiger partial charge < -0.3 is 10.6 Å². The molecule has 0 spiro atoms. The van der Waals surface area contributed by atoms with Gasteiger partial charge in [-0.2, -0.15) is 0 Å². The number of carbonyl (C=O) groups excluding carboxylic acids is 1. The van der Waals surface area contributed by atoms with E-state index in [1.807, 2.05) is 43.9 Å². The maximum Gasteiger partial charge on any atom is 0.254 e. The largest absolute Gasteiger partial charge is 0.334 e. The zero-order valence-electron chi connectivity index (χ0n) is 10.7. The highest BCUT2D eigenvalue weighted by atomic mass is 16.2. The van der Waals surface area contributed by atoms with E-state index in [1.54, 1.807) is 0 Å². The third-order valence-corrected chi connectivity index (χ3v) is 3.91. The summed E-state index contributed by atoms with van der Waals surface area (Å²) < 4.78 is 0. The molecule has 1 saturated heterocycles. The summed E-state index contributed by atoms with van der Waals surface area (Å²) in [6.07, 6.45) is 0.901. The summed E-state index contributed by atoms with van der Waals surface area (Å²) in [7, 11) is 0. The summed E-state index contributed by atoms with van der Waals surface area (Å²) in [5, 5.41) is 0. The molecular formula is C14H20N2O. The second kappa shape index (κ2) is 4.49. The normalized spacial score (nSPS) is 24.1. The summed E-state index contributed by atoms with van der Waals surface area (Å²) in [6, 6.07) is 6.13. The van der Waals surface area contributed by atoms with E-state index in [4.69, 9.17) is 5.73 Å². The number of rotatable bonds is 1. The number of benzene rings is 1. The zero-order chi connectivity index (χ0) is 12.6. The summed E-state index contributed by atoms with van der Waals surface area (Å²) in [5.41, 5.74) is 9.00. The molecule has 17 heavy (non-hydrogen) atoms. The third kappa shape index (κ3) is 2.07. The minimum absolute atomic E-state index is 0.115. The molecule has 2 unspecified atom stereocenters. The Morgan fingerprint density at radius 1 is 1.41 bits per heavy atom. The predicted molar refractivity (Wildman–Crippen MR) is 69.0 cm³/mol. The van der Waals surface area contributed by atoms with Crippen molar-refractivity contribution in [3.05, 3.63) is 34.9 Å². The van der Waals surface area contributed by atoms with Crippen molar-refractivity contribution in [2.45, 2.75) is 39.3 Å². The lowest BCUT2D eigenvalue weighted by Crippen LogP contribution is -2.40. The van der Waals surface area contributed by atoms with Gasteiger partial charge in [0.15, 0.2) is 0 Å². The number of likely N-dealkylation sites (tertiary alicyclic amines) is 1. The van der Waals surface area contributed by atoms with Crippen LogP contribution in [-0.4, -0.2) is 29.4 Å². The van der Waals surface area contributed by atoms with Crippen LogP contribution in [0.4, 0.5) is 0 Å². The Labute approximate surface area is 103 Å². The molecule has 0 aliphatic carbocycles. The van der Waals surface area contributed by atoms with Gasteiger partial charge >= 0.3 is 0 Å². The van der Waals surface area contributed by atoms with Gasteiger partial charge in [-0.05, 0) is 44.4 Å². The number of carbonyl (C=O) groups is 1. The Kier molecular flexibility index (Phi) is 3.20. The van der Waals surface area contributed by atoms with Crippen LogP contribution in [-0.2, 0) is 0 Å². The lowest BCUT2D eigenvalue weighted by molar-refractivity contribution is 0.0741. The maximum atomic E-state index is 12.4. The molecule has 1 aliphatic rings. The molecule has 1 aromatic rings. The van der Waals surface area contributed by atoms with Crippen molar-refractivity contribution in [3.63, 3.8) is 0 Å². The van der Waals surface area contributed by atoms with E-state index in [9.17, 15) is 4.79 Å². The van der Waals surface area contributed by atoms with Crippen LogP contribution in [0.2, 0.25) is 0 Å². The van der Waals surface area contributed by atoms with Gasteiger partial charge in [0.25, 0.3) is 5.91 Å². The average molecular weight is 232 g/mol. The Hall–Kier alpha value is -1.35. The van der Waals surface area contributed by atoms with Crippen LogP contribution in [0.15, 0.2) is 18.2 Å². The van der Waals surface area contributed by atoms with E-state index >= 15 is 0 Å². The molecule has 2 N–H and O–H groups in total. The molecule has 0 aromatic heterocycles. The van der Waals surface area contributed by atoms with Crippen molar-refractivity contribution in [2.75, 3.05) is 6.54 Å². The van der Waals surface area contributed by atoms with Crippen LogP contribution >= 0.6 is 0 Å². The van der Waals surface area contributed by atoms with Crippen LogP contribution in [0.5, 0.6) is 0 Å². The van der Waals surface area contributed by atoms with Crippen molar-refractivity contribution in [3.8, 4) is 0 Å². The quantitative estimate of drug-likeness (QED) is 0.803. The first-order valence-corrected chi connectivity index (χ1v) is 6.15. The highest BCUT2D eigenvalue weighted by Gasteiger charge is 2.32. The van der Waals surface area contributed by atoms with Crippen molar-refractivity contribution in [1.29, 1.82) is 0 Å². The fourth-order valence-electron chi connectivity index (χ4n) is 2.39. The van der Waals surface area contributed by atoms with Gasteiger partial charge in [0.1, 0.15) is 0 Å². The van der Waals surface area contributed by atoms with E-state index in [0.29, 0.717) is 0 Å². The van der Waals surface area contributed by atoms with Crippen LogP contribution in [0, 0.1) is 13.8 Å². The molecule has 1 aliphatic heterocycles. The Morgan fingerprint density at radius 2 is 2.12 bits per heavy atom. The van der Waals surface area contributed by atoms with Crippen LogP contribution in [0.3, 0.4) is 0 Å². The predicted octanol–water partition coefficient (Wildman–Crippen LogP) is 1.87. The smallest absolute Gasteiger partial charge is 0.254 e. The lowest BCUT2D eigenvalue weighted by Gasteiger charge is -2.24. The number of aryl methyl sites for hydroxylation is 1. The fourth-order valence-corrected chi connectivity index (χ4v) is 2.39. The molecule has 1 amide bonds. The molecule has 0 bridgehead atoms. The molecule has 92 valence electrons.